The fraction of sp³-hybridized carbons (Fsp3) is 0.188. The Balaban J connectivity index is 1.83. The van der Waals surface area contributed by atoms with E-state index in [2.05, 4.69) is 0 Å². The van der Waals surface area contributed by atoms with Crippen molar-refractivity contribution in [1.82, 2.24) is 0 Å². The summed E-state index contributed by atoms with van der Waals surface area (Å²) in [5.74, 6) is 0.112. The summed E-state index contributed by atoms with van der Waals surface area (Å²) >= 11 is 0. The molecular weight excluding hydrogens is 251 g/mol. The molecule has 0 radical (unpaired) electrons. The molecule has 0 aromatic heterocycles. The number of Topliss-reactive ketones (excluding diaryl/α,β-unsaturated/α-hetero) is 1. The van der Waals surface area contributed by atoms with Gasteiger partial charge in [-0.15, -0.1) is 0 Å². The molecule has 0 heterocycles. The van der Waals surface area contributed by atoms with Gasteiger partial charge >= 0.3 is 7.12 Å². The molecule has 100 valence electrons. The average Bonchev–Trinajstić information content (AvgIpc) is 2.76. The van der Waals surface area contributed by atoms with Gasteiger partial charge in [-0.1, -0.05) is 48.5 Å². The monoisotopic (exact) mass is 266 g/mol. The lowest BCUT2D eigenvalue weighted by Gasteiger charge is -2.07. The molecule has 1 aliphatic carbocycles. The number of hydrogen-bond donors (Lipinski definition) is 2. The number of hydrogen-bond acceptors (Lipinski definition) is 3. The van der Waals surface area contributed by atoms with Crippen LogP contribution in [-0.2, 0) is 12.8 Å². The number of carbonyl (C=O) groups excluding carboxylic acids is 1. The molecule has 20 heavy (non-hydrogen) atoms. The van der Waals surface area contributed by atoms with Gasteiger partial charge in [-0.3, -0.25) is 4.79 Å². The minimum atomic E-state index is -1.48. The first-order valence-electron chi connectivity index (χ1n) is 6.72. The summed E-state index contributed by atoms with van der Waals surface area (Å²) in [7, 11) is -1.48. The third-order valence-electron chi connectivity index (χ3n) is 3.85. The predicted octanol–water partition coefficient (Wildman–Crippen LogP) is 0.964. The molecule has 2 N–H and O–H groups in total. The van der Waals surface area contributed by atoms with Crippen molar-refractivity contribution in [1.29, 1.82) is 0 Å². The van der Waals surface area contributed by atoms with Crippen LogP contribution < -0.4 is 5.46 Å². The molecule has 0 bridgehead atoms. The van der Waals surface area contributed by atoms with Gasteiger partial charge in [0.15, 0.2) is 5.78 Å². The summed E-state index contributed by atoms with van der Waals surface area (Å²) < 4.78 is 0. The van der Waals surface area contributed by atoms with E-state index in [9.17, 15) is 14.8 Å². The second-order valence-electron chi connectivity index (χ2n) is 5.25. The summed E-state index contributed by atoms with van der Waals surface area (Å²) in [5.41, 5.74) is 3.23. The summed E-state index contributed by atoms with van der Waals surface area (Å²) in [6, 6.07) is 15.0. The summed E-state index contributed by atoms with van der Waals surface area (Å²) in [6.45, 7) is 0. The van der Waals surface area contributed by atoms with Gasteiger partial charge in [0.1, 0.15) is 0 Å². The van der Waals surface area contributed by atoms with Gasteiger partial charge < -0.3 is 10.0 Å². The van der Waals surface area contributed by atoms with Crippen LogP contribution in [0.5, 0.6) is 0 Å². The topological polar surface area (TPSA) is 57.5 Å². The van der Waals surface area contributed by atoms with Crippen LogP contribution in [0.25, 0.3) is 0 Å². The quantitative estimate of drug-likeness (QED) is 0.814. The zero-order chi connectivity index (χ0) is 14.1. The van der Waals surface area contributed by atoms with Crippen LogP contribution in [0.15, 0.2) is 48.5 Å². The molecule has 1 aliphatic rings. The van der Waals surface area contributed by atoms with E-state index in [1.165, 1.54) is 0 Å². The second kappa shape index (κ2) is 5.23. The Bertz CT molecular complexity index is 637. The largest absolute Gasteiger partial charge is 0.488 e. The van der Waals surface area contributed by atoms with Crippen molar-refractivity contribution in [3.8, 4) is 0 Å². The van der Waals surface area contributed by atoms with Crippen LogP contribution in [0.2, 0.25) is 0 Å². The summed E-state index contributed by atoms with van der Waals surface area (Å²) in [5, 5.41) is 18.4. The molecule has 3 nitrogen and oxygen atoms in total. The molecule has 3 rings (SSSR count). The molecule has 2 aromatic carbocycles. The van der Waals surface area contributed by atoms with Crippen LogP contribution in [-0.4, -0.2) is 22.9 Å². The Morgan fingerprint density at radius 1 is 1.10 bits per heavy atom. The van der Waals surface area contributed by atoms with Crippen molar-refractivity contribution in [3.05, 3.63) is 65.2 Å². The average molecular weight is 266 g/mol. The second-order valence-corrected chi connectivity index (χ2v) is 5.25. The smallest absolute Gasteiger partial charge is 0.423 e. The molecule has 2 aromatic rings. The Kier molecular flexibility index (Phi) is 3.43. The van der Waals surface area contributed by atoms with Gasteiger partial charge in [-0.05, 0) is 29.4 Å². The van der Waals surface area contributed by atoms with Crippen molar-refractivity contribution in [3.63, 3.8) is 0 Å². The highest BCUT2D eigenvalue weighted by molar-refractivity contribution is 6.58. The lowest BCUT2D eigenvalue weighted by Crippen LogP contribution is -2.30. The summed E-state index contributed by atoms with van der Waals surface area (Å²) in [6.07, 6.45) is 1.40. The van der Waals surface area contributed by atoms with Crippen LogP contribution in [0.1, 0.15) is 21.5 Å². The van der Waals surface area contributed by atoms with Crippen molar-refractivity contribution in [2.45, 2.75) is 12.8 Å². The molecule has 1 atom stereocenters. The molecule has 0 aliphatic heterocycles. The van der Waals surface area contributed by atoms with Crippen molar-refractivity contribution in [2.24, 2.45) is 5.92 Å². The standard InChI is InChI=1S/C16H15BO3/c18-16-13(8-11-4-2-1-3-5-11)9-12-10-14(17(19)20)6-7-15(12)16/h1-7,10,13,19-20H,8-9H2. The van der Waals surface area contributed by atoms with Crippen molar-refractivity contribution < 1.29 is 14.8 Å². The van der Waals surface area contributed by atoms with Crippen molar-refractivity contribution >= 4 is 18.4 Å². The van der Waals surface area contributed by atoms with Crippen LogP contribution in [0, 0.1) is 5.92 Å². The molecule has 1 unspecified atom stereocenters. The molecule has 0 saturated carbocycles. The maximum absolute atomic E-state index is 12.4. The highest BCUT2D eigenvalue weighted by atomic mass is 16.4. The van der Waals surface area contributed by atoms with Gasteiger partial charge in [0.25, 0.3) is 0 Å². The summed E-state index contributed by atoms with van der Waals surface area (Å²) in [4.78, 5) is 12.4. The van der Waals surface area contributed by atoms with E-state index in [1.54, 1.807) is 18.2 Å². The minimum Gasteiger partial charge on any atom is -0.423 e. The van der Waals surface area contributed by atoms with E-state index in [0.29, 0.717) is 11.9 Å². The van der Waals surface area contributed by atoms with Gasteiger partial charge in [0.2, 0.25) is 0 Å². The highest BCUT2D eigenvalue weighted by Gasteiger charge is 2.31. The molecule has 0 amide bonds. The Morgan fingerprint density at radius 3 is 2.55 bits per heavy atom. The number of fused-ring (bicyclic) bond motifs is 1. The third kappa shape index (κ3) is 2.40. The van der Waals surface area contributed by atoms with E-state index in [-0.39, 0.29) is 11.7 Å². The fourth-order valence-corrected chi connectivity index (χ4v) is 2.83. The molecule has 0 spiro atoms. The zero-order valence-electron chi connectivity index (χ0n) is 11.0. The Labute approximate surface area is 118 Å². The normalized spacial score (nSPS) is 17.1. The number of benzene rings is 2. The third-order valence-corrected chi connectivity index (χ3v) is 3.85. The van der Waals surface area contributed by atoms with E-state index in [1.807, 2.05) is 30.3 Å². The van der Waals surface area contributed by atoms with E-state index >= 15 is 0 Å². The first-order chi connectivity index (χ1) is 9.65. The van der Waals surface area contributed by atoms with Crippen LogP contribution >= 0.6 is 0 Å². The molecule has 0 fully saturated rings. The maximum atomic E-state index is 12.4. The highest BCUT2D eigenvalue weighted by Crippen LogP contribution is 2.28. The number of carbonyl (C=O) groups is 1. The first kappa shape index (κ1) is 13.1. The van der Waals surface area contributed by atoms with Gasteiger partial charge in [-0.25, -0.2) is 0 Å². The molecule has 0 saturated heterocycles. The van der Waals surface area contributed by atoms with E-state index in [0.717, 1.165) is 23.1 Å². The van der Waals surface area contributed by atoms with E-state index < -0.39 is 7.12 Å². The van der Waals surface area contributed by atoms with Gasteiger partial charge in [0, 0.05) is 11.5 Å². The molecular formula is C16H15BO3. The SMILES string of the molecule is O=C1c2ccc(B(O)O)cc2CC1Cc1ccccc1. The van der Waals surface area contributed by atoms with Crippen LogP contribution in [0.3, 0.4) is 0 Å². The first-order valence-corrected chi connectivity index (χ1v) is 6.72. The lowest BCUT2D eigenvalue weighted by molar-refractivity contribution is 0.0936. The fourth-order valence-electron chi connectivity index (χ4n) is 2.83. The number of ketones is 1. The van der Waals surface area contributed by atoms with Crippen LogP contribution in [0.4, 0.5) is 0 Å². The zero-order valence-corrected chi connectivity index (χ0v) is 11.0. The predicted molar refractivity (Wildman–Crippen MR) is 77.9 cm³/mol. The maximum Gasteiger partial charge on any atom is 0.488 e. The Morgan fingerprint density at radius 2 is 1.85 bits per heavy atom. The van der Waals surface area contributed by atoms with Gasteiger partial charge in [-0.2, -0.15) is 0 Å². The Hall–Kier alpha value is -1.91. The van der Waals surface area contributed by atoms with Crippen molar-refractivity contribution in [2.75, 3.05) is 0 Å². The van der Waals surface area contributed by atoms with E-state index in [4.69, 9.17) is 0 Å². The number of rotatable bonds is 3. The minimum absolute atomic E-state index is 0.0431. The lowest BCUT2D eigenvalue weighted by atomic mass is 9.79. The van der Waals surface area contributed by atoms with Gasteiger partial charge in [0.05, 0.1) is 0 Å². The molecule has 4 heteroatoms.